The van der Waals surface area contributed by atoms with E-state index in [-0.39, 0.29) is 24.0 Å². The number of nitrogens with zero attached hydrogens (tertiary/aromatic N) is 2. The quantitative estimate of drug-likeness (QED) is 0.234. The third-order valence-corrected chi connectivity index (χ3v) is 3.87. The minimum absolute atomic E-state index is 0. The van der Waals surface area contributed by atoms with Crippen molar-refractivity contribution in [3.05, 3.63) is 54.0 Å². The number of hydrogen-bond acceptors (Lipinski definition) is 4. The van der Waals surface area contributed by atoms with Crippen LogP contribution in [0, 0.1) is 0 Å². The van der Waals surface area contributed by atoms with E-state index in [1.54, 1.807) is 13.3 Å². The van der Waals surface area contributed by atoms with E-state index in [0.717, 1.165) is 50.0 Å². The van der Waals surface area contributed by atoms with Gasteiger partial charge in [-0.2, -0.15) is 0 Å². The molecule has 2 N–H and O–H groups in total. The molecule has 0 bridgehead atoms. The maximum Gasteiger partial charge on any atom is 0.191 e. The topological polar surface area (TPSA) is 62.0 Å². The lowest BCUT2D eigenvalue weighted by Gasteiger charge is -2.12. The lowest BCUT2D eigenvalue weighted by molar-refractivity contribution is 0.281. The minimum Gasteiger partial charge on any atom is -0.494 e. The predicted octanol–water partition coefficient (Wildman–Crippen LogP) is 3.14. The Morgan fingerprint density at radius 1 is 1.15 bits per heavy atom. The monoisotopic (exact) mass is 486 g/mol. The van der Waals surface area contributed by atoms with E-state index in [1.807, 2.05) is 24.3 Å². The number of furan rings is 1. The van der Waals surface area contributed by atoms with Gasteiger partial charge in [-0.3, -0.25) is 4.99 Å². The molecule has 0 aliphatic rings. The van der Waals surface area contributed by atoms with Crippen LogP contribution in [0.15, 0.2) is 52.1 Å². The summed E-state index contributed by atoms with van der Waals surface area (Å²) in [4.78, 5) is 6.40. The smallest absolute Gasteiger partial charge is 0.191 e. The third-order valence-electron chi connectivity index (χ3n) is 3.87. The molecule has 2 aromatic rings. The molecule has 7 heteroatoms. The Kier molecular flexibility index (Phi) is 11.6. The Morgan fingerprint density at radius 3 is 2.56 bits per heavy atom. The summed E-state index contributed by atoms with van der Waals surface area (Å²) < 4.78 is 11.1. The standard InChI is InChI=1S/C20H30N4O2.HI/c1-21-20(22-12-11-18-6-4-14-25-18)23-16-17-7-9-19(10-8-17)26-15-5-13-24(2)3;/h4,6-10,14H,5,11-13,15-16H2,1-3H3,(H2,21,22,23);1H. The van der Waals surface area contributed by atoms with E-state index in [2.05, 4.69) is 46.8 Å². The Balaban J connectivity index is 0.00000364. The molecule has 0 saturated carbocycles. The lowest BCUT2D eigenvalue weighted by atomic mass is 10.2. The van der Waals surface area contributed by atoms with Gasteiger partial charge in [0.15, 0.2) is 5.96 Å². The van der Waals surface area contributed by atoms with Gasteiger partial charge in [-0.1, -0.05) is 12.1 Å². The predicted molar refractivity (Wildman–Crippen MR) is 121 cm³/mol. The highest BCUT2D eigenvalue weighted by Gasteiger charge is 2.01. The molecule has 6 nitrogen and oxygen atoms in total. The summed E-state index contributed by atoms with van der Waals surface area (Å²) in [7, 11) is 5.91. The first-order valence-electron chi connectivity index (χ1n) is 9.01. The van der Waals surface area contributed by atoms with Crippen molar-refractivity contribution in [3.8, 4) is 5.75 Å². The first-order chi connectivity index (χ1) is 12.7. The summed E-state index contributed by atoms with van der Waals surface area (Å²) in [6.45, 7) is 3.25. The van der Waals surface area contributed by atoms with Crippen molar-refractivity contribution in [2.24, 2.45) is 4.99 Å². The molecule has 1 aromatic carbocycles. The first-order valence-corrected chi connectivity index (χ1v) is 9.01. The number of halogens is 1. The zero-order chi connectivity index (χ0) is 18.6. The maximum atomic E-state index is 5.75. The molecule has 1 heterocycles. The van der Waals surface area contributed by atoms with Crippen molar-refractivity contribution in [1.29, 1.82) is 0 Å². The van der Waals surface area contributed by atoms with Crippen LogP contribution in [0.3, 0.4) is 0 Å². The van der Waals surface area contributed by atoms with Crippen LogP contribution in [0.2, 0.25) is 0 Å². The SMILES string of the molecule is CN=C(NCCc1ccco1)NCc1ccc(OCCCN(C)C)cc1.I. The molecule has 0 fully saturated rings. The van der Waals surface area contributed by atoms with Gasteiger partial charge in [-0.05, 0) is 50.3 Å². The highest BCUT2D eigenvalue weighted by Crippen LogP contribution is 2.12. The van der Waals surface area contributed by atoms with Crippen molar-refractivity contribution in [1.82, 2.24) is 15.5 Å². The molecular weight excluding hydrogens is 455 g/mol. The molecular formula is C20H31IN4O2. The lowest BCUT2D eigenvalue weighted by Crippen LogP contribution is -2.37. The summed E-state index contributed by atoms with van der Waals surface area (Å²) >= 11 is 0. The summed E-state index contributed by atoms with van der Waals surface area (Å²) in [5.41, 5.74) is 1.18. The van der Waals surface area contributed by atoms with Gasteiger partial charge in [0.25, 0.3) is 0 Å². The Morgan fingerprint density at radius 2 is 1.93 bits per heavy atom. The van der Waals surface area contributed by atoms with Crippen molar-refractivity contribution in [2.45, 2.75) is 19.4 Å². The van der Waals surface area contributed by atoms with Gasteiger partial charge in [0.2, 0.25) is 0 Å². The summed E-state index contributed by atoms with van der Waals surface area (Å²) in [6, 6.07) is 12.0. The zero-order valence-electron chi connectivity index (χ0n) is 16.4. The molecule has 0 amide bonds. The molecule has 0 spiro atoms. The van der Waals surface area contributed by atoms with E-state index >= 15 is 0 Å². The molecule has 0 atom stereocenters. The van der Waals surface area contributed by atoms with Crippen LogP contribution in [0.4, 0.5) is 0 Å². The summed E-state index contributed by atoms with van der Waals surface area (Å²) in [5.74, 6) is 2.66. The minimum atomic E-state index is 0. The van der Waals surface area contributed by atoms with E-state index in [4.69, 9.17) is 9.15 Å². The summed E-state index contributed by atoms with van der Waals surface area (Å²) in [5, 5.41) is 6.59. The van der Waals surface area contributed by atoms with Crippen molar-refractivity contribution < 1.29 is 9.15 Å². The van der Waals surface area contributed by atoms with Gasteiger partial charge in [-0.15, -0.1) is 24.0 Å². The van der Waals surface area contributed by atoms with Crippen LogP contribution >= 0.6 is 24.0 Å². The Labute approximate surface area is 179 Å². The van der Waals surface area contributed by atoms with Gasteiger partial charge in [0.1, 0.15) is 11.5 Å². The molecule has 0 saturated heterocycles. The van der Waals surface area contributed by atoms with Gasteiger partial charge in [-0.25, -0.2) is 0 Å². The van der Waals surface area contributed by atoms with E-state index in [1.165, 1.54) is 5.56 Å². The van der Waals surface area contributed by atoms with Gasteiger partial charge in [0, 0.05) is 33.1 Å². The number of guanidine groups is 1. The molecule has 2 rings (SSSR count). The van der Waals surface area contributed by atoms with Crippen LogP contribution in [-0.2, 0) is 13.0 Å². The summed E-state index contributed by atoms with van der Waals surface area (Å²) in [6.07, 6.45) is 3.54. The fourth-order valence-electron chi connectivity index (χ4n) is 2.44. The van der Waals surface area contributed by atoms with Crippen LogP contribution in [-0.4, -0.2) is 51.7 Å². The number of benzene rings is 1. The van der Waals surface area contributed by atoms with E-state index in [9.17, 15) is 0 Å². The molecule has 0 unspecified atom stereocenters. The first kappa shape index (κ1) is 23.3. The van der Waals surface area contributed by atoms with Crippen LogP contribution in [0.5, 0.6) is 5.75 Å². The van der Waals surface area contributed by atoms with E-state index in [0.29, 0.717) is 6.54 Å². The fraction of sp³-hybridized carbons (Fsp3) is 0.450. The molecule has 0 aliphatic heterocycles. The normalized spacial score (nSPS) is 11.2. The second-order valence-electron chi connectivity index (χ2n) is 6.33. The second-order valence-corrected chi connectivity index (χ2v) is 6.33. The number of nitrogens with one attached hydrogen (secondary N) is 2. The van der Waals surface area contributed by atoms with Crippen molar-refractivity contribution >= 4 is 29.9 Å². The van der Waals surface area contributed by atoms with Crippen LogP contribution in [0.1, 0.15) is 17.7 Å². The van der Waals surface area contributed by atoms with Crippen LogP contribution < -0.4 is 15.4 Å². The maximum absolute atomic E-state index is 5.75. The highest BCUT2D eigenvalue weighted by atomic mass is 127. The Hall–Kier alpha value is -1.74. The van der Waals surface area contributed by atoms with Gasteiger partial charge in [0.05, 0.1) is 12.9 Å². The largest absolute Gasteiger partial charge is 0.494 e. The average Bonchev–Trinajstić information content (AvgIpc) is 3.16. The second kappa shape index (κ2) is 13.4. The number of ether oxygens (including phenoxy) is 1. The molecule has 27 heavy (non-hydrogen) atoms. The van der Waals surface area contributed by atoms with E-state index < -0.39 is 0 Å². The number of aliphatic imine (C=N–C) groups is 1. The third kappa shape index (κ3) is 9.67. The number of hydrogen-bond donors (Lipinski definition) is 2. The van der Waals surface area contributed by atoms with Gasteiger partial charge >= 0.3 is 0 Å². The van der Waals surface area contributed by atoms with Crippen LogP contribution in [0.25, 0.3) is 0 Å². The molecule has 0 radical (unpaired) electrons. The van der Waals surface area contributed by atoms with Gasteiger partial charge < -0.3 is 24.7 Å². The molecule has 150 valence electrons. The highest BCUT2D eigenvalue weighted by molar-refractivity contribution is 14.0. The molecule has 0 aliphatic carbocycles. The zero-order valence-corrected chi connectivity index (χ0v) is 18.7. The fourth-order valence-corrected chi connectivity index (χ4v) is 2.44. The number of rotatable bonds is 10. The van der Waals surface area contributed by atoms with Crippen molar-refractivity contribution in [3.63, 3.8) is 0 Å². The Bertz CT molecular complexity index is 643. The average molecular weight is 486 g/mol. The molecule has 1 aromatic heterocycles. The van der Waals surface area contributed by atoms with Crippen molar-refractivity contribution in [2.75, 3.05) is 40.8 Å².